The topological polar surface area (TPSA) is 47.3 Å². The third-order valence-electron chi connectivity index (χ3n) is 3.12. The molecule has 0 aliphatic rings. The summed E-state index contributed by atoms with van der Waals surface area (Å²) in [6, 6.07) is 6.47. The van der Waals surface area contributed by atoms with Crippen LogP contribution >= 0.6 is 0 Å². The molecule has 0 spiro atoms. The third-order valence-corrected chi connectivity index (χ3v) is 3.12. The highest BCUT2D eigenvalue weighted by molar-refractivity contribution is 5.37. The van der Waals surface area contributed by atoms with Crippen LogP contribution in [0.2, 0.25) is 0 Å². The number of ether oxygens (including phenoxy) is 1. The molecule has 0 bridgehead atoms. The summed E-state index contributed by atoms with van der Waals surface area (Å²) in [4.78, 5) is 0. The van der Waals surface area contributed by atoms with Crippen LogP contribution in [0, 0.1) is 0 Å². The number of benzene rings is 1. The number of rotatable bonds is 9. The lowest BCUT2D eigenvalue weighted by Gasteiger charge is -2.10. The molecule has 0 atom stereocenters. The molecule has 0 saturated carbocycles. The minimum atomic E-state index is 0.792. The van der Waals surface area contributed by atoms with Crippen LogP contribution in [0.25, 0.3) is 0 Å². The predicted molar refractivity (Wildman–Crippen MR) is 77.2 cm³/mol. The van der Waals surface area contributed by atoms with Gasteiger partial charge < -0.3 is 15.8 Å². The summed E-state index contributed by atoms with van der Waals surface area (Å²) in [5.74, 6) is 0.997. The van der Waals surface area contributed by atoms with E-state index < -0.39 is 0 Å². The van der Waals surface area contributed by atoms with Gasteiger partial charge in [0, 0.05) is 0 Å². The smallest absolute Gasteiger partial charge is 0.122 e. The summed E-state index contributed by atoms with van der Waals surface area (Å²) >= 11 is 0. The van der Waals surface area contributed by atoms with Crippen molar-refractivity contribution >= 4 is 0 Å². The van der Waals surface area contributed by atoms with Crippen LogP contribution in [0.1, 0.15) is 30.9 Å². The molecule has 0 unspecified atom stereocenters. The van der Waals surface area contributed by atoms with Gasteiger partial charge >= 0.3 is 0 Å². The van der Waals surface area contributed by atoms with Crippen LogP contribution in [-0.2, 0) is 12.8 Å². The van der Waals surface area contributed by atoms with E-state index in [1.165, 1.54) is 17.5 Å². The van der Waals surface area contributed by atoms with Gasteiger partial charge in [-0.3, -0.25) is 0 Å². The Morgan fingerprint density at radius 3 is 2.72 bits per heavy atom. The number of nitrogens with two attached hydrogens (primary N) is 1. The number of hydrogen-bond acceptors (Lipinski definition) is 3. The Balaban J connectivity index is 2.34. The Morgan fingerprint density at radius 2 is 2.06 bits per heavy atom. The van der Waals surface area contributed by atoms with Crippen molar-refractivity contribution in [3.63, 3.8) is 0 Å². The molecule has 3 heteroatoms. The normalized spacial score (nSPS) is 10.6. The zero-order valence-corrected chi connectivity index (χ0v) is 11.7. The molecule has 1 rings (SSSR count). The number of aryl methyl sites for hydroxylation is 1. The van der Waals surface area contributed by atoms with Gasteiger partial charge in [0.2, 0.25) is 0 Å². The molecule has 0 fully saturated rings. The first-order chi connectivity index (χ1) is 8.81. The second-order valence-electron chi connectivity index (χ2n) is 4.50. The average Bonchev–Trinajstić information content (AvgIpc) is 2.42. The van der Waals surface area contributed by atoms with E-state index in [1.54, 1.807) is 7.11 Å². The second kappa shape index (κ2) is 8.95. The van der Waals surface area contributed by atoms with Gasteiger partial charge in [-0.05, 0) is 62.5 Å². The van der Waals surface area contributed by atoms with E-state index in [9.17, 15) is 0 Å². The molecule has 0 saturated heterocycles. The van der Waals surface area contributed by atoms with Crippen LogP contribution in [0.15, 0.2) is 18.2 Å². The summed E-state index contributed by atoms with van der Waals surface area (Å²) in [5, 5.41) is 3.45. The molecule has 3 nitrogen and oxygen atoms in total. The van der Waals surface area contributed by atoms with E-state index in [4.69, 9.17) is 10.5 Å². The van der Waals surface area contributed by atoms with Crippen LogP contribution in [0.3, 0.4) is 0 Å². The number of methoxy groups -OCH3 is 1. The van der Waals surface area contributed by atoms with E-state index >= 15 is 0 Å². The first-order valence-electron chi connectivity index (χ1n) is 6.88. The highest BCUT2D eigenvalue weighted by Crippen LogP contribution is 2.20. The fraction of sp³-hybridized carbons (Fsp3) is 0.600. The van der Waals surface area contributed by atoms with Crippen LogP contribution in [0.4, 0.5) is 0 Å². The van der Waals surface area contributed by atoms with E-state index in [0.717, 1.165) is 44.6 Å². The first kappa shape index (κ1) is 15.0. The van der Waals surface area contributed by atoms with Gasteiger partial charge in [0.1, 0.15) is 5.75 Å². The molecule has 0 aliphatic carbocycles. The molecule has 0 heterocycles. The summed E-state index contributed by atoms with van der Waals surface area (Å²) in [5.41, 5.74) is 8.12. The molecular weight excluding hydrogens is 224 g/mol. The fourth-order valence-corrected chi connectivity index (χ4v) is 2.02. The zero-order chi connectivity index (χ0) is 13.2. The van der Waals surface area contributed by atoms with Crippen LogP contribution in [0.5, 0.6) is 5.75 Å². The first-order valence-corrected chi connectivity index (χ1v) is 6.88. The van der Waals surface area contributed by atoms with Gasteiger partial charge in [-0.25, -0.2) is 0 Å². The highest BCUT2D eigenvalue weighted by Gasteiger charge is 2.02. The zero-order valence-electron chi connectivity index (χ0n) is 11.7. The Morgan fingerprint density at radius 1 is 1.22 bits per heavy atom. The lowest BCUT2D eigenvalue weighted by molar-refractivity contribution is 0.410. The van der Waals surface area contributed by atoms with E-state index in [0.29, 0.717) is 0 Å². The van der Waals surface area contributed by atoms with Crippen molar-refractivity contribution in [1.82, 2.24) is 5.32 Å². The molecule has 18 heavy (non-hydrogen) atoms. The molecule has 3 N–H and O–H groups in total. The summed E-state index contributed by atoms with van der Waals surface area (Å²) in [6.07, 6.45) is 4.36. The Hall–Kier alpha value is -1.06. The average molecular weight is 250 g/mol. The summed E-state index contributed by atoms with van der Waals surface area (Å²) in [6.45, 7) is 5.04. The van der Waals surface area contributed by atoms with E-state index in [2.05, 4.69) is 30.4 Å². The summed E-state index contributed by atoms with van der Waals surface area (Å²) < 4.78 is 5.33. The number of unbranched alkanes of at least 4 members (excludes halogenated alkanes) is 1. The third kappa shape index (κ3) is 5.07. The van der Waals surface area contributed by atoms with Gasteiger partial charge in [-0.15, -0.1) is 0 Å². The van der Waals surface area contributed by atoms with Crippen molar-refractivity contribution in [3.05, 3.63) is 29.3 Å². The van der Waals surface area contributed by atoms with Gasteiger partial charge in [0.15, 0.2) is 0 Å². The van der Waals surface area contributed by atoms with Crippen molar-refractivity contribution in [2.75, 3.05) is 26.7 Å². The lowest BCUT2D eigenvalue weighted by Crippen LogP contribution is -2.19. The predicted octanol–water partition coefficient (Wildman–Crippen LogP) is 2.13. The lowest BCUT2D eigenvalue weighted by atomic mass is 10.1. The standard InChI is InChI=1S/C15H26N2O/c1-3-14-12-13(6-7-15(14)18-2)8-11-17-10-5-4-9-16/h6-7,12,17H,3-5,8-11,16H2,1-2H3. The molecule has 102 valence electrons. The van der Waals surface area contributed by atoms with Gasteiger partial charge in [-0.1, -0.05) is 19.1 Å². The molecule has 0 radical (unpaired) electrons. The SMILES string of the molecule is CCc1cc(CCNCCCCN)ccc1OC. The molecular formula is C15H26N2O. The molecule has 0 aromatic heterocycles. The quantitative estimate of drug-likeness (QED) is 0.660. The highest BCUT2D eigenvalue weighted by atomic mass is 16.5. The maximum Gasteiger partial charge on any atom is 0.122 e. The molecule has 0 aliphatic heterocycles. The van der Waals surface area contributed by atoms with Crippen LogP contribution in [-0.4, -0.2) is 26.7 Å². The van der Waals surface area contributed by atoms with E-state index in [1.807, 2.05) is 0 Å². The van der Waals surface area contributed by atoms with Crippen molar-refractivity contribution in [2.24, 2.45) is 5.73 Å². The van der Waals surface area contributed by atoms with Crippen molar-refractivity contribution < 1.29 is 4.74 Å². The molecule has 1 aromatic rings. The Labute approximate surface area is 111 Å². The Bertz CT molecular complexity index is 339. The van der Waals surface area contributed by atoms with Crippen LogP contribution < -0.4 is 15.8 Å². The molecule has 1 aromatic carbocycles. The van der Waals surface area contributed by atoms with Gasteiger partial charge in [0.25, 0.3) is 0 Å². The molecule has 0 amide bonds. The summed E-state index contributed by atoms with van der Waals surface area (Å²) in [7, 11) is 1.73. The monoisotopic (exact) mass is 250 g/mol. The minimum absolute atomic E-state index is 0.792. The van der Waals surface area contributed by atoms with Crippen molar-refractivity contribution in [2.45, 2.75) is 32.6 Å². The Kier molecular flexibility index (Phi) is 7.46. The van der Waals surface area contributed by atoms with Gasteiger partial charge in [-0.2, -0.15) is 0 Å². The second-order valence-corrected chi connectivity index (χ2v) is 4.50. The minimum Gasteiger partial charge on any atom is -0.496 e. The number of nitrogens with one attached hydrogen (secondary N) is 1. The number of hydrogen-bond donors (Lipinski definition) is 2. The maximum absolute atomic E-state index is 5.45. The van der Waals surface area contributed by atoms with E-state index in [-0.39, 0.29) is 0 Å². The van der Waals surface area contributed by atoms with Crippen molar-refractivity contribution in [1.29, 1.82) is 0 Å². The maximum atomic E-state index is 5.45. The van der Waals surface area contributed by atoms with Crippen molar-refractivity contribution in [3.8, 4) is 5.75 Å². The largest absolute Gasteiger partial charge is 0.496 e. The fourth-order valence-electron chi connectivity index (χ4n) is 2.02. The van der Waals surface area contributed by atoms with Gasteiger partial charge in [0.05, 0.1) is 7.11 Å².